The van der Waals surface area contributed by atoms with Gasteiger partial charge in [-0.2, -0.15) is 0 Å². The minimum atomic E-state index is 0.126. The molecule has 0 bridgehead atoms. The molecule has 0 radical (unpaired) electrons. The van der Waals surface area contributed by atoms with Crippen LogP contribution in [0.5, 0.6) is 0 Å². The van der Waals surface area contributed by atoms with Crippen LogP contribution in [-0.4, -0.2) is 76.1 Å². The van der Waals surface area contributed by atoms with Gasteiger partial charge < -0.3 is 14.7 Å². The molecule has 3 heterocycles. The molecule has 1 aromatic rings. The molecule has 0 aromatic carbocycles. The summed E-state index contributed by atoms with van der Waals surface area (Å²) in [5.74, 6) is 2.26. The van der Waals surface area contributed by atoms with Crippen molar-refractivity contribution in [1.29, 1.82) is 0 Å². The van der Waals surface area contributed by atoms with Crippen LogP contribution in [0, 0.1) is 5.92 Å². The summed E-state index contributed by atoms with van der Waals surface area (Å²) in [5.41, 5.74) is 0. The van der Waals surface area contributed by atoms with Crippen LogP contribution in [0.1, 0.15) is 58.3 Å². The number of nitrogens with zero attached hydrogens (tertiary/aromatic N) is 5. The molecule has 1 aliphatic carbocycles. The first kappa shape index (κ1) is 23.6. The summed E-state index contributed by atoms with van der Waals surface area (Å²) < 4.78 is 0. The van der Waals surface area contributed by atoms with Crippen molar-refractivity contribution in [2.45, 2.75) is 69.5 Å². The van der Waals surface area contributed by atoms with Gasteiger partial charge in [-0.15, -0.1) is 0 Å². The van der Waals surface area contributed by atoms with E-state index in [0.29, 0.717) is 29.0 Å². The molecule has 3 fully saturated rings. The molecule has 1 saturated carbocycles. The van der Waals surface area contributed by atoms with E-state index in [-0.39, 0.29) is 17.9 Å². The SMILES string of the molecule is CC1CN(c2cc(Cl)nc(SCC(=O)N3CCCC3)n2)CCN1C(=O)CCC1CCCC1. The fourth-order valence-electron chi connectivity index (χ4n) is 5.10. The van der Waals surface area contributed by atoms with Gasteiger partial charge in [0, 0.05) is 51.3 Å². The van der Waals surface area contributed by atoms with E-state index in [1.807, 2.05) is 9.80 Å². The predicted molar refractivity (Wildman–Crippen MR) is 128 cm³/mol. The van der Waals surface area contributed by atoms with Crippen molar-refractivity contribution in [3.05, 3.63) is 11.2 Å². The number of rotatable bonds is 7. The minimum Gasteiger partial charge on any atom is -0.353 e. The molecule has 3 aliphatic rings. The number of aromatic nitrogens is 2. The summed E-state index contributed by atoms with van der Waals surface area (Å²) in [5, 5.41) is 0.914. The number of carbonyl (C=O) groups is 2. The summed E-state index contributed by atoms with van der Waals surface area (Å²) in [4.78, 5) is 40.2. The molecular weight excluding hydrogens is 446 g/mol. The molecule has 2 saturated heterocycles. The van der Waals surface area contributed by atoms with Crippen molar-refractivity contribution in [2.24, 2.45) is 5.92 Å². The number of likely N-dealkylation sites (tertiary alicyclic amines) is 1. The Morgan fingerprint density at radius 3 is 2.53 bits per heavy atom. The molecule has 32 heavy (non-hydrogen) atoms. The van der Waals surface area contributed by atoms with E-state index in [1.165, 1.54) is 37.4 Å². The third-order valence-corrected chi connectivity index (χ3v) is 7.98. The van der Waals surface area contributed by atoms with E-state index in [1.54, 1.807) is 6.07 Å². The minimum absolute atomic E-state index is 0.126. The highest BCUT2D eigenvalue weighted by Gasteiger charge is 2.29. The van der Waals surface area contributed by atoms with Gasteiger partial charge in [-0.05, 0) is 32.1 Å². The Morgan fingerprint density at radius 2 is 1.81 bits per heavy atom. The first-order chi connectivity index (χ1) is 15.5. The summed E-state index contributed by atoms with van der Waals surface area (Å²) in [6.07, 6.45) is 9.08. The van der Waals surface area contributed by atoms with Gasteiger partial charge in [0.2, 0.25) is 11.8 Å². The summed E-state index contributed by atoms with van der Waals surface area (Å²) in [6, 6.07) is 1.90. The van der Waals surface area contributed by atoms with E-state index in [9.17, 15) is 9.59 Å². The number of anilines is 1. The molecule has 7 nitrogen and oxygen atoms in total. The van der Waals surface area contributed by atoms with E-state index < -0.39 is 0 Å². The van der Waals surface area contributed by atoms with Crippen molar-refractivity contribution in [3.63, 3.8) is 0 Å². The van der Waals surface area contributed by atoms with E-state index in [2.05, 4.69) is 21.8 Å². The molecule has 2 aliphatic heterocycles. The molecule has 176 valence electrons. The Labute approximate surface area is 200 Å². The average Bonchev–Trinajstić information content (AvgIpc) is 3.50. The van der Waals surface area contributed by atoms with Gasteiger partial charge in [0.1, 0.15) is 11.0 Å². The van der Waals surface area contributed by atoms with Crippen molar-refractivity contribution in [1.82, 2.24) is 19.8 Å². The molecule has 9 heteroatoms. The third-order valence-electron chi connectivity index (χ3n) is 6.96. The zero-order chi connectivity index (χ0) is 22.5. The first-order valence-electron chi connectivity index (χ1n) is 12.0. The molecule has 0 N–H and O–H groups in total. The van der Waals surface area contributed by atoms with Gasteiger partial charge in [0.15, 0.2) is 5.16 Å². The van der Waals surface area contributed by atoms with Gasteiger partial charge in [-0.1, -0.05) is 49.0 Å². The van der Waals surface area contributed by atoms with Gasteiger partial charge in [0.25, 0.3) is 0 Å². The van der Waals surface area contributed by atoms with Crippen LogP contribution in [0.3, 0.4) is 0 Å². The van der Waals surface area contributed by atoms with Gasteiger partial charge in [0.05, 0.1) is 5.75 Å². The smallest absolute Gasteiger partial charge is 0.233 e. The van der Waals surface area contributed by atoms with Crippen LogP contribution < -0.4 is 4.90 Å². The maximum Gasteiger partial charge on any atom is 0.233 e. The molecular formula is C23H34ClN5O2S. The lowest BCUT2D eigenvalue weighted by Crippen LogP contribution is -2.54. The van der Waals surface area contributed by atoms with E-state index in [0.717, 1.165) is 57.2 Å². The monoisotopic (exact) mass is 479 g/mol. The number of hydrogen-bond acceptors (Lipinski definition) is 6. The van der Waals surface area contributed by atoms with Crippen LogP contribution in [0.4, 0.5) is 5.82 Å². The molecule has 1 atom stereocenters. The first-order valence-corrected chi connectivity index (χ1v) is 13.4. The molecule has 1 aromatic heterocycles. The lowest BCUT2D eigenvalue weighted by molar-refractivity contribution is -0.134. The topological polar surface area (TPSA) is 69.6 Å². The van der Waals surface area contributed by atoms with Gasteiger partial charge >= 0.3 is 0 Å². The maximum absolute atomic E-state index is 12.8. The fourth-order valence-corrected chi connectivity index (χ4v) is 6.09. The number of halogens is 1. The average molecular weight is 480 g/mol. The van der Waals surface area contributed by atoms with E-state index in [4.69, 9.17) is 11.6 Å². The Bertz CT molecular complexity index is 814. The van der Waals surface area contributed by atoms with Crippen LogP contribution >= 0.6 is 23.4 Å². The second-order valence-corrected chi connectivity index (χ2v) is 10.6. The highest BCUT2D eigenvalue weighted by Crippen LogP contribution is 2.29. The van der Waals surface area contributed by atoms with Crippen molar-refractivity contribution >= 4 is 41.0 Å². The number of piperazine rings is 1. The van der Waals surface area contributed by atoms with Crippen molar-refractivity contribution < 1.29 is 9.59 Å². The fraction of sp³-hybridized carbons (Fsp3) is 0.739. The molecule has 0 spiro atoms. The van der Waals surface area contributed by atoms with E-state index >= 15 is 0 Å². The predicted octanol–water partition coefficient (Wildman–Crippen LogP) is 3.85. The number of amides is 2. The zero-order valence-corrected chi connectivity index (χ0v) is 20.5. The maximum atomic E-state index is 12.8. The Kier molecular flexibility index (Phi) is 8.16. The quantitative estimate of drug-likeness (QED) is 0.336. The lowest BCUT2D eigenvalue weighted by atomic mass is 10.0. The van der Waals surface area contributed by atoms with Crippen LogP contribution in [0.25, 0.3) is 0 Å². The number of hydrogen-bond donors (Lipinski definition) is 0. The molecule has 2 amide bonds. The van der Waals surface area contributed by atoms with Crippen LogP contribution in [-0.2, 0) is 9.59 Å². The lowest BCUT2D eigenvalue weighted by Gasteiger charge is -2.40. The summed E-state index contributed by atoms with van der Waals surface area (Å²) in [6.45, 7) is 5.95. The largest absolute Gasteiger partial charge is 0.353 e. The van der Waals surface area contributed by atoms with Crippen LogP contribution in [0.15, 0.2) is 11.2 Å². The second-order valence-electron chi connectivity index (χ2n) is 9.28. The molecule has 4 rings (SSSR count). The van der Waals surface area contributed by atoms with Gasteiger partial charge in [-0.3, -0.25) is 9.59 Å². The highest BCUT2D eigenvalue weighted by atomic mass is 35.5. The van der Waals surface area contributed by atoms with Crippen LogP contribution in [0.2, 0.25) is 5.15 Å². The van der Waals surface area contributed by atoms with Crippen molar-refractivity contribution in [3.8, 4) is 0 Å². The Hall–Kier alpha value is -1.54. The Morgan fingerprint density at radius 1 is 1.06 bits per heavy atom. The molecule has 1 unspecified atom stereocenters. The summed E-state index contributed by atoms with van der Waals surface area (Å²) in [7, 11) is 0. The van der Waals surface area contributed by atoms with Gasteiger partial charge in [-0.25, -0.2) is 9.97 Å². The Balaban J connectivity index is 1.30. The highest BCUT2D eigenvalue weighted by molar-refractivity contribution is 7.99. The number of carbonyl (C=O) groups excluding carboxylic acids is 2. The number of thioether (sulfide) groups is 1. The summed E-state index contributed by atoms with van der Waals surface area (Å²) >= 11 is 7.62. The van der Waals surface area contributed by atoms with Crippen molar-refractivity contribution in [2.75, 3.05) is 43.4 Å². The normalized spacial score (nSPS) is 22.1. The zero-order valence-electron chi connectivity index (χ0n) is 19.0. The second kappa shape index (κ2) is 11.1. The third kappa shape index (κ3) is 6.07. The standard InChI is InChI=1S/C23H34ClN5O2S/c1-17-15-28(12-13-29(17)21(30)9-8-18-6-2-3-7-18)20-14-19(24)25-23(26-20)32-16-22(31)27-10-4-5-11-27/h14,17-18H,2-13,15-16H2,1H3.